The molecule has 1 heterocycles. The monoisotopic (exact) mass is 249 g/mol. The lowest BCUT2D eigenvalue weighted by atomic mass is 10.3. The molecule has 0 atom stereocenters. The maximum atomic E-state index is 6.00. The van der Waals surface area contributed by atoms with Crippen molar-refractivity contribution in [1.82, 2.24) is 9.78 Å². The Bertz CT molecular complexity index is 537. The van der Waals surface area contributed by atoms with Gasteiger partial charge in [0.2, 0.25) is 0 Å². The van der Waals surface area contributed by atoms with Crippen LogP contribution in [0.3, 0.4) is 0 Å². The number of benzene rings is 1. The fourth-order valence-electron chi connectivity index (χ4n) is 1.58. The number of hydrogen-bond donors (Lipinski definition) is 1. The highest BCUT2D eigenvalue weighted by Gasteiger charge is 2.13. The molecule has 2 N–H and O–H groups in total. The third-order valence-corrected chi connectivity index (χ3v) is 3.72. The van der Waals surface area contributed by atoms with E-state index in [1.807, 2.05) is 38.2 Å². The zero-order chi connectivity index (χ0) is 12.4. The lowest BCUT2D eigenvalue weighted by molar-refractivity contribution is 0.405. The molecule has 17 heavy (non-hydrogen) atoms. The predicted molar refractivity (Wildman–Crippen MR) is 69.5 cm³/mol. The number of ether oxygens (including phenoxy) is 1. The molecule has 0 aliphatic carbocycles. The maximum Gasteiger partial charge on any atom is 0.132 e. The van der Waals surface area contributed by atoms with Crippen LogP contribution in [-0.2, 0) is 7.05 Å². The van der Waals surface area contributed by atoms with Crippen molar-refractivity contribution in [3.05, 3.63) is 30.0 Å². The van der Waals surface area contributed by atoms with Gasteiger partial charge in [0.05, 0.1) is 23.4 Å². The number of nitrogens with zero attached hydrogens (tertiary/aromatic N) is 2. The van der Waals surface area contributed by atoms with Gasteiger partial charge in [-0.15, -0.1) is 0 Å². The summed E-state index contributed by atoms with van der Waals surface area (Å²) in [5.74, 6) is 0.843. The molecule has 4 nitrogen and oxygen atoms in total. The van der Waals surface area contributed by atoms with Crippen LogP contribution in [0.15, 0.2) is 34.2 Å². The van der Waals surface area contributed by atoms with E-state index in [1.165, 1.54) is 0 Å². The second-order valence-electron chi connectivity index (χ2n) is 3.68. The molecule has 0 fully saturated rings. The summed E-state index contributed by atoms with van der Waals surface area (Å²) in [5.41, 5.74) is 7.57. The fraction of sp³-hybridized carbons (Fsp3) is 0.250. The zero-order valence-electron chi connectivity index (χ0n) is 10.1. The molecule has 1 aromatic carbocycles. The van der Waals surface area contributed by atoms with Gasteiger partial charge in [-0.1, -0.05) is 23.9 Å². The van der Waals surface area contributed by atoms with E-state index in [-0.39, 0.29) is 0 Å². The molecule has 5 heteroatoms. The first-order valence-corrected chi connectivity index (χ1v) is 6.05. The van der Waals surface area contributed by atoms with Gasteiger partial charge in [-0.2, -0.15) is 5.10 Å². The summed E-state index contributed by atoms with van der Waals surface area (Å²) < 4.78 is 7.11. The van der Waals surface area contributed by atoms with Gasteiger partial charge in [0.15, 0.2) is 0 Å². The van der Waals surface area contributed by atoms with Crippen molar-refractivity contribution in [2.45, 2.75) is 16.8 Å². The van der Waals surface area contributed by atoms with Crippen molar-refractivity contribution in [2.75, 3.05) is 12.8 Å². The summed E-state index contributed by atoms with van der Waals surface area (Å²) in [6, 6.07) is 7.86. The summed E-state index contributed by atoms with van der Waals surface area (Å²) >= 11 is 1.56. The number of anilines is 1. The minimum absolute atomic E-state index is 0.725. The highest BCUT2D eigenvalue weighted by Crippen LogP contribution is 2.37. The summed E-state index contributed by atoms with van der Waals surface area (Å²) in [6.45, 7) is 1.90. The number of aryl methyl sites for hydroxylation is 2. The molecule has 0 spiro atoms. The SMILES string of the molecule is COc1ccccc1Sc1c(N)c(C)nn1C. The van der Waals surface area contributed by atoms with Crippen LogP contribution in [0.25, 0.3) is 0 Å². The van der Waals surface area contributed by atoms with Crippen molar-refractivity contribution < 1.29 is 4.74 Å². The Hall–Kier alpha value is -1.62. The quantitative estimate of drug-likeness (QED) is 0.908. The van der Waals surface area contributed by atoms with Crippen molar-refractivity contribution in [3.63, 3.8) is 0 Å². The van der Waals surface area contributed by atoms with E-state index in [0.717, 1.165) is 27.1 Å². The van der Waals surface area contributed by atoms with E-state index >= 15 is 0 Å². The summed E-state index contributed by atoms with van der Waals surface area (Å²) in [5, 5.41) is 5.23. The number of hydrogen-bond acceptors (Lipinski definition) is 4. The second-order valence-corrected chi connectivity index (χ2v) is 4.71. The topological polar surface area (TPSA) is 53.1 Å². The number of aromatic nitrogens is 2. The fourth-order valence-corrected chi connectivity index (χ4v) is 2.62. The van der Waals surface area contributed by atoms with Crippen molar-refractivity contribution in [1.29, 1.82) is 0 Å². The van der Waals surface area contributed by atoms with Crippen LogP contribution in [0.2, 0.25) is 0 Å². The lowest BCUT2D eigenvalue weighted by Crippen LogP contribution is -1.94. The molecule has 2 rings (SSSR count). The summed E-state index contributed by atoms with van der Waals surface area (Å²) in [7, 11) is 3.55. The van der Waals surface area contributed by atoms with Crippen LogP contribution >= 0.6 is 11.8 Å². The summed E-state index contributed by atoms with van der Waals surface area (Å²) in [4.78, 5) is 1.03. The molecule has 0 saturated heterocycles. The van der Waals surface area contributed by atoms with E-state index in [1.54, 1.807) is 23.6 Å². The molecule has 0 saturated carbocycles. The number of nitrogen functional groups attached to an aromatic ring is 1. The third kappa shape index (κ3) is 2.24. The van der Waals surface area contributed by atoms with Crippen LogP contribution in [0.1, 0.15) is 5.69 Å². The first-order chi connectivity index (χ1) is 8.13. The molecule has 0 bridgehead atoms. The molecule has 0 radical (unpaired) electrons. The van der Waals surface area contributed by atoms with E-state index in [0.29, 0.717) is 0 Å². The molecule has 90 valence electrons. The van der Waals surface area contributed by atoms with Gasteiger partial charge in [-0.05, 0) is 19.1 Å². The molecule has 0 aliphatic rings. The van der Waals surface area contributed by atoms with Gasteiger partial charge in [-0.3, -0.25) is 4.68 Å². The van der Waals surface area contributed by atoms with E-state index in [4.69, 9.17) is 10.5 Å². The highest BCUT2D eigenvalue weighted by atomic mass is 32.2. The summed E-state index contributed by atoms with van der Waals surface area (Å²) in [6.07, 6.45) is 0. The maximum absolute atomic E-state index is 6.00. The van der Waals surface area contributed by atoms with E-state index in [2.05, 4.69) is 5.10 Å². The molecule has 2 aromatic rings. The Labute approximate surface area is 105 Å². The average Bonchev–Trinajstić information content (AvgIpc) is 2.57. The Morgan fingerprint density at radius 3 is 2.65 bits per heavy atom. The Kier molecular flexibility index (Phi) is 3.28. The number of rotatable bonds is 3. The molecule has 0 unspecified atom stereocenters. The number of methoxy groups -OCH3 is 1. The number of para-hydroxylation sites is 1. The lowest BCUT2D eigenvalue weighted by Gasteiger charge is -2.08. The first-order valence-electron chi connectivity index (χ1n) is 5.23. The zero-order valence-corrected chi connectivity index (χ0v) is 10.9. The molecule has 0 aliphatic heterocycles. The largest absolute Gasteiger partial charge is 0.496 e. The van der Waals surface area contributed by atoms with Crippen LogP contribution in [0, 0.1) is 6.92 Å². The minimum Gasteiger partial charge on any atom is -0.496 e. The normalized spacial score (nSPS) is 10.5. The third-order valence-electron chi connectivity index (χ3n) is 2.49. The molecular weight excluding hydrogens is 234 g/mol. The second kappa shape index (κ2) is 4.71. The molecule has 1 aromatic heterocycles. The minimum atomic E-state index is 0.725. The van der Waals surface area contributed by atoms with Gasteiger partial charge in [0.1, 0.15) is 10.8 Å². The smallest absolute Gasteiger partial charge is 0.132 e. The van der Waals surface area contributed by atoms with Crippen molar-refractivity contribution in [3.8, 4) is 5.75 Å². The van der Waals surface area contributed by atoms with Crippen LogP contribution in [0.5, 0.6) is 5.75 Å². The van der Waals surface area contributed by atoms with E-state index < -0.39 is 0 Å². The van der Waals surface area contributed by atoms with Crippen molar-refractivity contribution >= 4 is 17.4 Å². The van der Waals surface area contributed by atoms with Crippen LogP contribution in [0.4, 0.5) is 5.69 Å². The molecule has 0 amide bonds. The average molecular weight is 249 g/mol. The first kappa shape index (κ1) is 11.9. The molecular formula is C12H15N3OS. The Morgan fingerprint density at radius 1 is 1.35 bits per heavy atom. The van der Waals surface area contributed by atoms with Crippen LogP contribution in [-0.4, -0.2) is 16.9 Å². The van der Waals surface area contributed by atoms with Gasteiger partial charge in [0.25, 0.3) is 0 Å². The van der Waals surface area contributed by atoms with Crippen molar-refractivity contribution in [2.24, 2.45) is 7.05 Å². The van der Waals surface area contributed by atoms with Gasteiger partial charge < -0.3 is 10.5 Å². The van der Waals surface area contributed by atoms with Gasteiger partial charge in [0, 0.05) is 7.05 Å². The standard InChI is InChI=1S/C12H15N3OS/c1-8-11(13)12(15(2)14-8)17-10-7-5-4-6-9(10)16-3/h4-7H,13H2,1-3H3. The van der Waals surface area contributed by atoms with E-state index in [9.17, 15) is 0 Å². The number of nitrogens with two attached hydrogens (primary N) is 1. The Balaban J connectivity index is 2.38. The Morgan fingerprint density at radius 2 is 2.06 bits per heavy atom. The van der Waals surface area contributed by atoms with Gasteiger partial charge in [-0.25, -0.2) is 0 Å². The highest BCUT2D eigenvalue weighted by molar-refractivity contribution is 7.99. The van der Waals surface area contributed by atoms with Gasteiger partial charge >= 0.3 is 0 Å². The predicted octanol–water partition coefficient (Wildman–Crippen LogP) is 2.47. The van der Waals surface area contributed by atoms with Crippen LogP contribution < -0.4 is 10.5 Å².